The largest absolute Gasteiger partial charge is 0.381 e. The van der Waals surface area contributed by atoms with Gasteiger partial charge < -0.3 is 14.2 Å². The van der Waals surface area contributed by atoms with Crippen LogP contribution in [0.1, 0.15) is 273 Å². The lowest BCUT2D eigenvalue weighted by Gasteiger charge is -2.24. The summed E-state index contributed by atoms with van der Waals surface area (Å²) in [5, 5.41) is 0.267. The van der Waals surface area contributed by atoms with E-state index in [2.05, 4.69) is 41.5 Å². The van der Waals surface area contributed by atoms with Crippen LogP contribution in [0, 0.1) is 0 Å². The van der Waals surface area contributed by atoms with Crippen molar-refractivity contribution in [2.24, 2.45) is 0 Å². The summed E-state index contributed by atoms with van der Waals surface area (Å²) in [6.45, 7) is 16.1. The van der Waals surface area contributed by atoms with Crippen molar-refractivity contribution in [1.82, 2.24) is 0 Å². The van der Waals surface area contributed by atoms with Crippen molar-refractivity contribution >= 4 is 21.6 Å². The maximum Gasteiger partial charge on any atom is 0.0690 e. The first-order chi connectivity index (χ1) is 28.9. The van der Waals surface area contributed by atoms with E-state index in [0.29, 0.717) is 26.4 Å². The molecular formula is C52H106O5S2. The summed E-state index contributed by atoms with van der Waals surface area (Å²) in [7, 11) is -1.66. The summed E-state index contributed by atoms with van der Waals surface area (Å²) >= 11 is 0. The summed E-state index contributed by atoms with van der Waals surface area (Å²) in [6.07, 6.45) is 45.3. The van der Waals surface area contributed by atoms with Crippen LogP contribution in [0.4, 0.5) is 0 Å². The van der Waals surface area contributed by atoms with Crippen molar-refractivity contribution in [3.05, 3.63) is 0 Å². The average molecular weight is 876 g/mol. The lowest BCUT2D eigenvalue weighted by Crippen LogP contribution is -2.32. The van der Waals surface area contributed by atoms with Crippen molar-refractivity contribution < 1.29 is 22.6 Å². The summed E-state index contributed by atoms with van der Waals surface area (Å²) in [4.78, 5) is 0. The normalized spacial score (nSPS) is 15.0. The highest BCUT2D eigenvalue weighted by molar-refractivity contribution is 7.85. The molecule has 0 aliphatic carbocycles. The first-order valence-electron chi connectivity index (χ1n) is 26.5. The third-order valence-corrected chi connectivity index (χ3v) is 16.4. The minimum absolute atomic E-state index is 0.0182. The molecule has 0 heterocycles. The van der Waals surface area contributed by atoms with Crippen LogP contribution in [0.25, 0.3) is 0 Å². The molecule has 0 aromatic heterocycles. The van der Waals surface area contributed by atoms with Crippen molar-refractivity contribution in [1.29, 1.82) is 0 Å². The third kappa shape index (κ3) is 39.5. The summed E-state index contributed by atoms with van der Waals surface area (Å²) in [6, 6.07) is 0. The van der Waals surface area contributed by atoms with E-state index < -0.39 is 21.6 Å². The predicted octanol–water partition coefficient (Wildman–Crippen LogP) is 16.2. The molecule has 0 bridgehead atoms. The highest BCUT2D eigenvalue weighted by atomic mass is 32.2. The molecule has 6 atom stereocenters. The first kappa shape index (κ1) is 59.2. The van der Waals surface area contributed by atoms with E-state index in [1.165, 1.54) is 180 Å². The quantitative estimate of drug-likeness (QED) is 0.0570. The molecule has 0 aromatic carbocycles. The predicted molar refractivity (Wildman–Crippen MR) is 264 cm³/mol. The van der Waals surface area contributed by atoms with Gasteiger partial charge in [0.1, 0.15) is 0 Å². The monoisotopic (exact) mass is 875 g/mol. The molecule has 7 heteroatoms. The molecule has 59 heavy (non-hydrogen) atoms. The first-order valence-corrected chi connectivity index (χ1v) is 29.2. The molecule has 6 unspecified atom stereocenters. The van der Waals surface area contributed by atoms with E-state index in [4.69, 9.17) is 14.2 Å². The Labute approximate surface area is 375 Å². The van der Waals surface area contributed by atoms with Gasteiger partial charge in [-0.2, -0.15) is 0 Å². The van der Waals surface area contributed by atoms with Crippen LogP contribution in [0.15, 0.2) is 0 Å². The van der Waals surface area contributed by atoms with Crippen LogP contribution >= 0.6 is 0 Å². The molecule has 0 saturated heterocycles. The molecule has 0 aromatic rings. The van der Waals surface area contributed by atoms with Gasteiger partial charge in [0.25, 0.3) is 0 Å². The van der Waals surface area contributed by atoms with E-state index >= 15 is 0 Å². The highest BCUT2D eigenvalue weighted by Gasteiger charge is 2.25. The molecule has 0 fully saturated rings. The maximum atomic E-state index is 13.5. The maximum absolute atomic E-state index is 13.5. The van der Waals surface area contributed by atoms with Gasteiger partial charge in [-0.25, -0.2) is 0 Å². The lowest BCUT2D eigenvalue weighted by molar-refractivity contribution is 0.0245. The second-order valence-electron chi connectivity index (χ2n) is 18.2. The van der Waals surface area contributed by atoms with E-state index in [9.17, 15) is 8.42 Å². The molecule has 0 radical (unpaired) electrons. The molecule has 0 rings (SSSR count). The Morgan fingerprint density at radius 3 is 0.864 bits per heavy atom. The molecule has 0 aliphatic heterocycles. The Morgan fingerprint density at radius 2 is 0.576 bits per heavy atom. The fraction of sp³-hybridized carbons (Fsp3) is 1.00. The number of ether oxygens (including phenoxy) is 3. The number of rotatable bonds is 50. The number of hydrogen-bond donors (Lipinski definition) is 0. The Morgan fingerprint density at radius 1 is 0.322 bits per heavy atom. The standard InChI is InChI=1S/C52H106O5S2/c1-7-11-15-19-21-23-25-27-29-33-37-47-58(53)51(41-35-31-17-13-9-3)49(5)56-45-39-43-55-44-40-46-57-50(6)52(42-36-32-18-14-10-4)59(54)48-38-34-30-28-26-24-22-20-16-12-8-2/h49-52H,7-48H2,1-6H3. The second-order valence-corrected chi connectivity index (χ2v) is 21.7. The zero-order valence-corrected chi connectivity index (χ0v) is 42.5. The Hall–Kier alpha value is 0.180. The summed E-state index contributed by atoms with van der Waals surface area (Å²) < 4.78 is 45.7. The molecule has 0 amide bonds. The minimum Gasteiger partial charge on any atom is -0.381 e. The van der Waals surface area contributed by atoms with Gasteiger partial charge in [0.2, 0.25) is 0 Å². The highest BCUT2D eigenvalue weighted by Crippen LogP contribution is 2.21. The van der Waals surface area contributed by atoms with Gasteiger partial charge in [-0.05, 0) is 52.4 Å². The van der Waals surface area contributed by atoms with Crippen LogP contribution in [0.2, 0.25) is 0 Å². The van der Waals surface area contributed by atoms with Crippen LogP contribution in [-0.4, -0.2) is 69.1 Å². The summed E-state index contributed by atoms with van der Waals surface area (Å²) in [5.41, 5.74) is 0. The smallest absolute Gasteiger partial charge is 0.0690 e. The van der Waals surface area contributed by atoms with Gasteiger partial charge in [0.15, 0.2) is 0 Å². The average Bonchev–Trinajstić information content (AvgIpc) is 3.23. The van der Waals surface area contributed by atoms with Gasteiger partial charge in [0, 0.05) is 59.5 Å². The van der Waals surface area contributed by atoms with E-state index in [1.807, 2.05) is 0 Å². The molecule has 356 valence electrons. The van der Waals surface area contributed by atoms with Crippen LogP contribution in [-0.2, 0) is 35.8 Å². The van der Waals surface area contributed by atoms with Crippen LogP contribution < -0.4 is 0 Å². The Kier molecular flexibility index (Phi) is 47.8. The molecule has 0 aliphatic rings. The Bertz CT molecular complexity index is 804. The lowest BCUT2D eigenvalue weighted by atomic mass is 10.1. The van der Waals surface area contributed by atoms with E-state index in [0.717, 1.165) is 62.9 Å². The SMILES string of the molecule is CCCCCCCCCCCCCS(=O)C(CCCCCCC)C(C)OCCCOCCCOC(C)C(CCCCCCC)S(=O)CCCCCCCCCCCCC. The number of hydrogen-bond acceptors (Lipinski definition) is 5. The zero-order chi connectivity index (χ0) is 43.3. The molecule has 5 nitrogen and oxygen atoms in total. The topological polar surface area (TPSA) is 61.8 Å². The fourth-order valence-electron chi connectivity index (χ4n) is 8.35. The molecular weight excluding hydrogens is 769 g/mol. The van der Waals surface area contributed by atoms with Crippen molar-refractivity contribution in [2.45, 2.75) is 295 Å². The molecule has 0 spiro atoms. The molecule has 0 N–H and O–H groups in total. The van der Waals surface area contributed by atoms with Crippen molar-refractivity contribution in [2.75, 3.05) is 37.9 Å². The van der Waals surface area contributed by atoms with Crippen LogP contribution in [0.5, 0.6) is 0 Å². The number of unbranched alkanes of at least 4 members (excludes halogenated alkanes) is 28. The van der Waals surface area contributed by atoms with Gasteiger partial charge in [-0.3, -0.25) is 8.42 Å². The third-order valence-electron chi connectivity index (χ3n) is 12.4. The van der Waals surface area contributed by atoms with Crippen molar-refractivity contribution in [3.63, 3.8) is 0 Å². The summed E-state index contributed by atoms with van der Waals surface area (Å²) in [5.74, 6) is 1.65. The fourth-order valence-corrected chi connectivity index (χ4v) is 11.8. The zero-order valence-electron chi connectivity index (χ0n) is 40.9. The van der Waals surface area contributed by atoms with E-state index in [1.54, 1.807) is 0 Å². The van der Waals surface area contributed by atoms with Crippen LogP contribution in [0.3, 0.4) is 0 Å². The molecule has 0 saturated carbocycles. The van der Waals surface area contributed by atoms with Gasteiger partial charge in [-0.15, -0.1) is 0 Å². The van der Waals surface area contributed by atoms with Crippen molar-refractivity contribution in [3.8, 4) is 0 Å². The second kappa shape index (κ2) is 47.7. The van der Waals surface area contributed by atoms with Gasteiger partial charge in [-0.1, -0.05) is 220 Å². The minimum atomic E-state index is -0.831. The van der Waals surface area contributed by atoms with Gasteiger partial charge in [0.05, 0.1) is 22.7 Å². The van der Waals surface area contributed by atoms with E-state index in [-0.39, 0.29) is 22.7 Å². The van der Waals surface area contributed by atoms with Gasteiger partial charge >= 0.3 is 0 Å². The Balaban J connectivity index is 4.44.